The average molecular weight is 204 g/mol. The quantitative estimate of drug-likeness (QED) is 0.804. The Bertz CT molecular complexity index is 309. The molecule has 1 aromatic heterocycles. The topological polar surface area (TPSA) is 38.9 Å². The van der Waals surface area contributed by atoms with Crippen LogP contribution in [0.5, 0.6) is 0 Å². The minimum atomic E-state index is -4.26. The van der Waals surface area contributed by atoms with Gasteiger partial charge < -0.3 is 5.73 Å². The molecule has 0 aliphatic rings. The number of aromatic nitrogens is 1. The van der Waals surface area contributed by atoms with Crippen LogP contribution in [-0.4, -0.2) is 11.2 Å². The lowest BCUT2D eigenvalue weighted by Gasteiger charge is -2.19. The van der Waals surface area contributed by atoms with Gasteiger partial charge in [-0.1, -0.05) is 13.0 Å². The molecule has 0 amide bonds. The van der Waals surface area contributed by atoms with Crippen LogP contribution in [0.4, 0.5) is 19.0 Å². The van der Waals surface area contributed by atoms with Gasteiger partial charge in [-0.2, -0.15) is 13.2 Å². The van der Waals surface area contributed by atoms with Crippen LogP contribution in [0.3, 0.4) is 0 Å². The molecule has 1 unspecified atom stereocenters. The van der Waals surface area contributed by atoms with Gasteiger partial charge in [0.1, 0.15) is 5.82 Å². The highest BCUT2D eigenvalue weighted by Crippen LogP contribution is 2.38. The van der Waals surface area contributed by atoms with Crippen molar-refractivity contribution in [2.24, 2.45) is 0 Å². The Morgan fingerprint density at radius 3 is 2.57 bits per heavy atom. The summed E-state index contributed by atoms with van der Waals surface area (Å²) in [6, 6.07) is 2.82. The number of anilines is 1. The van der Waals surface area contributed by atoms with Crippen LogP contribution in [0.2, 0.25) is 0 Å². The van der Waals surface area contributed by atoms with Crippen molar-refractivity contribution in [1.29, 1.82) is 0 Å². The van der Waals surface area contributed by atoms with Crippen LogP contribution < -0.4 is 5.73 Å². The predicted octanol–water partition coefficient (Wildman–Crippen LogP) is 2.72. The molecule has 0 aromatic carbocycles. The summed E-state index contributed by atoms with van der Waals surface area (Å²) in [7, 11) is 0. The molecule has 0 saturated heterocycles. The molecule has 2 nitrogen and oxygen atoms in total. The minimum Gasteiger partial charge on any atom is -0.383 e. The highest BCUT2D eigenvalue weighted by atomic mass is 19.4. The molecule has 0 bridgehead atoms. The highest BCUT2D eigenvalue weighted by molar-refractivity contribution is 5.41. The van der Waals surface area contributed by atoms with Crippen LogP contribution >= 0.6 is 0 Å². The smallest absolute Gasteiger partial charge is 0.383 e. The molecule has 1 rings (SSSR count). The van der Waals surface area contributed by atoms with Crippen molar-refractivity contribution in [3.05, 3.63) is 23.9 Å². The fraction of sp³-hybridized carbons (Fsp3) is 0.444. The van der Waals surface area contributed by atoms with Crippen LogP contribution in [0.25, 0.3) is 0 Å². The summed E-state index contributed by atoms with van der Waals surface area (Å²) in [5.41, 5.74) is 5.44. The molecule has 0 aliphatic carbocycles. The van der Waals surface area contributed by atoms with E-state index in [1.807, 2.05) is 0 Å². The van der Waals surface area contributed by atoms with Crippen LogP contribution in [0, 0.1) is 0 Å². The molecule has 1 heterocycles. The van der Waals surface area contributed by atoms with Gasteiger partial charge in [0.15, 0.2) is 0 Å². The lowest BCUT2D eigenvalue weighted by molar-refractivity contribution is -0.150. The molecular weight excluding hydrogens is 193 g/mol. The number of hydrogen-bond acceptors (Lipinski definition) is 2. The van der Waals surface area contributed by atoms with Crippen LogP contribution in [0.15, 0.2) is 18.3 Å². The standard InChI is InChI=1S/C9H11F3N2/c1-2-7(9(10,11)12)6-4-3-5-14-8(6)13/h3-5,7H,2H2,1H3,(H2,13,14). The first-order chi connectivity index (χ1) is 6.46. The zero-order valence-corrected chi connectivity index (χ0v) is 7.67. The number of halogens is 3. The lowest BCUT2D eigenvalue weighted by Crippen LogP contribution is -2.21. The summed E-state index contributed by atoms with van der Waals surface area (Å²) in [6.45, 7) is 1.48. The molecule has 0 spiro atoms. The Labute approximate surface area is 79.9 Å². The van der Waals surface area contributed by atoms with Gasteiger partial charge in [-0.3, -0.25) is 0 Å². The number of pyridine rings is 1. The van der Waals surface area contributed by atoms with Crippen molar-refractivity contribution in [3.63, 3.8) is 0 Å². The SMILES string of the molecule is CCC(c1cccnc1N)C(F)(F)F. The van der Waals surface area contributed by atoms with Gasteiger partial charge in [0.25, 0.3) is 0 Å². The number of alkyl halides is 3. The third-order valence-electron chi connectivity index (χ3n) is 2.05. The van der Waals surface area contributed by atoms with E-state index in [2.05, 4.69) is 4.98 Å². The van der Waals surface area contributed by atoms with Crippen molar-refractivity contribution in [2.45, 2.75) is 25.4 Å². The zero-order valence-electron chi connectivity index (χ0n) is 7.67. The minimum absolute atomic E-state index is 0.0284. The fourth-order valence-corrected chi connectivity index (χ4v) is 1.35. The average Bonchev–Trinajstić information content (AvgIpc) is 2.07. The second-order valence-corrected chi connectivity index (χ2v) is 2.98. The van der Waals surface area contributed by atoms with Crippen molar-refractivity contribution < 1.29 is 13.2 Å². The molecule has 5 heteroatoms. The van der Waals surface area contributed by atoms with Gasteiger partial charge in [0, 0.05) is 11.8 Å². The summed E-state index contributed by atoms with van der Waals surface area (Å²) >= 11 is 0. The van der Waals surface area contributed by atoms with Crippen molar-refractivity contribution in [3.8, 4) is 0 Å². The van der Waals surface area contributed by atoms with Crippen LogP contribution in [0.1, 0.15) is 24.8 Å². The summed E-state index contributed by atoms with van der Waals surface area (Å²) < 4.78 is 37.5. The largest absolute Gasteiger partial charge is 0.395 e. The summed E-state index contributed by atoms with van der Waals surface area (Å²) in [5, 5.41) is 0. The first kappa shape index (κ1) is 10.8. The molecule has 0 fully saturated rings. The first-order valence-electron chi connectivity index (χ1n) is 4.24. The highest BCUT2D eigenvalue weighted by Gasteiger charge is 2.40. The summed E-state index contributed by atoms with van der Waals surface area (Å²) in [5.74, 6) is -1.56. The third kappa shape index (κ3) is 2.16. The van der Waals surface area contributed by atoms with E-state index in [-0.39, 0.29) is 17.8 Å². The Hall–Kier alpha value is -1.26. The van der Waals surface area contributed by atoms with E-state index in [0.717, 1.165) is 0 Å². The van der Waals surface area contributed by atoms with Crippen molar-refractivity contribution in [1.82, 2.24) is 4.98 Å². The molecule has 78 valence electrons. The maximum Gasteiger partial charge on any atom is 0.395 e. The van der Waals surface area contributed by atoms with Crippen molar-refractivity contribution >= 4 is 5.82 Å². The number of nitrogens with two attached hydrogens (primary N) is 1. The maximum atomic E-state index is 12.5. The predicted molar refractivity (Wildman–Crippen MR) is 47.7 cm³/mol. The van der Waals surface area contributed by atoms with E-state index in [1.54, 1.807) is 0 Å². The molecule has 1 aromatic rings. The molecule has 2 N–H and O–H groups in total. The number of rotatable bonds is 2. The zero-order chi connectivity index (χ0) is 10.8. The van der Waals surface area contributed by atoms with Crippen molar-refractivity contribution in [2.75, 3.05) is 5.73 Å². The number of nitrogen functional groups attached to an aromatic ring is 1. The Morgan fingerprint density at radius 2 is 2.14 bits per heavy atom. The lowest BCUT2D eigenvalue weighted by atomic mass is 9.96. The van der Waals surface area contributed by atoms with Gasteiger partial charge in [-0.05, 0) is 12.5 Å². The summed E-state index contributed by atoms with van der Waals surface area (Å²) in [6.07, 6.45) is -2.91. The molecule has 14 heavy (non-hydrogen) atoms. The molecular formula is C9H11F3N2. The maximum absolute atomic E-state index is 12.5. The third-order valence-corrected chi connectivity index (χ3v) is 2.05. The Morgan fingerprint density at radius 1 is 1.50 bits per heavy atom. The normalized spacial score (nSPS) is 14.0. The van der Waals surface area contributed by atoms with E-state index >= 15 is 0 Å². The van der Waals surface area contributed by atoms with E-state index in [0.29, 0.717) is 0 Å². The van der Waals surface area contributed by atoms with Gasteiger partial charge >= 0.3 is 6.18 Å². The second-order valence-electron chi connectivity index (χ2n) is 2.98. The number of nitrogens with zero attached hydrogens (tertiary/aromatic N) is 1. The first-order valence-corrected chi connectivity index (χ1v) is 4.24. The molecule has 0 aliphatic heterocycles. The van der Waals surface area contributed by atoms with Crippen LogP contribution in [-0.2, 0) is 0 Å². The van der Waals surface area contributed by atoms with Gasteiger partial charge in [-0.15, -0.1) is 0 Å². The Balaban J connectivity index is 3.08. The monoisotopic (exact) mass is 204 g/mol. The van der Waals surface area contributed by atoms with Gasteiger partial charge in [0.05, 0.1) is 5.92 Å². The summed E-state index contributed by atoms with van der Waals surface area (Å²) in [4.78, 5) is 3.64. The fourth-order valence-electron chi connectivity index (χ4n) is 1.35. The molecule has 1 atom stereocenters. The van der Waals surface area contributed by atoms with Gasteiger partial charge in [-0.25, -0.2) is 4.98 Å². The second kappa shape index (κ2) is 3.86. The number of hydrogen-bond donors (Lipinski definition) is 1. The Kier molecular flexibility index (Phi) is 2.98. The van der Waals surface area contributed by atoms with E-state index in [4.69, 9.17) is 5.73 Å². The van der Waals surface area contributed by atoms with E-state index in [9.17, 15) is 13.2 Å². The van der Waals surface area contributed by atoms with E-state index in [1.165, 1.54) is 25.3 Å². The van der Waals surface area contributed by atoms with E-state index < -0.39 is 12.1 Å². The molecule has 0 saturated carbocycles. The molecule has 0 radical (unpaired) electrons. The van der Waals surface area contributed by atoms with Gasteiger partial charge in [0.2, 0.25) is 0 Å².